The van der Waals surface area contributed by atoms with Gasteiger partial charge in [0, 0.05) is 28.4 Å². The Kier molecular flexibility index (Phi) is 5.38. The van der Waals surface area contributed by atoms with Crippen molar-refractivity contribution in [3.8, 4) is 17.1 Å². The third kappa shape index (κ3) is 3.91. The van der Waals surface area contributed by atoms with Crippen LogP contribution in [0.15, 0.2) is 59.3 Å². The maximum absolute atomic E-state index is 11.0. The van der Waals surface area contributed by atoms with Crippen LogP contribution in [0.2, 0.25) is 5.02 Å². The van der Waals surface area contributed by atoms with E-state index in [1.165, 1.54) is 28.5 Å². The molecular formula is C18H12ClN5O2S2. The molecule has 0 aliphatic rings. The molecule has 28 heavy (non-hydrogen) atoms. The summed E-state index contributed by atoms with van der Waals surface area (Å²) in [5.74, 6) is 0.0839. The third-order valence-electron chi connectivity index (χ3n) is 3.72. The lowest BCUT2D eigenvalue weighted by atomic mass is 10.2. The molecule has 0 aliphatic carbocycles. The van der Waals surface area contributed by atoms with Gasteiger partial charge in [-0.15, -0.1) is 21.5 Å². The number of aromatic nitrogens is 5. The molecule has 0 spiro atoms. The topological polar surface area (TPSA) is 93.8 Å². The number of hydrogen-bond donors (Lipinski definition) is 1. The number of hydrogen-bond acceptors (Lipinski definition) is 7. The molecule has 10 heteroatoms. The molecule has 0 saturated carbocycles. The zero-order valence-corrected chi connectivity index (χ0v) is 16.6. The summed E-state index contributed by atoms with van der Waals surface area (Å²) in [7, 11) is 0. The molecule has 0 saturated heterocycles. The van der Waals surface area contributed by atoms with Crippen LogP contribution < -0.4 is 0 Å². The van der Waals surface area contributed by atoms with E-state index in [-0.39, 0.29) is 5.69 Å². The van der Waals surface area contributed by atoms with Crippen LogP contribution in [-0.4, -0.2) is 35.8 Å². The first-order chi connectivity index (χ1) is 13.6. The number of carboxylic acids is 1. The van der Waals surface area contributed by atoms with Crippen molar-refractivity contribution >= 4 is 40.7 Å². The Morgan fingerprint density at radius 3 is 2.86 bits per heavy atom. The lowest BCUT2D eigenvalue weighted by molar-refractivity contribution is 0.0691. The van der Waals surface area contributed by atoms with Crippen LogP contribution in [0.3, 0.4) is 0 Å². The lowest BCUT2D eigenvalue weighted by Crippen LogP contribution is -2.00. The summed E-state index contributed by atoms with van der Waals surface area (Å²) in [6, 6.07) is 11.2. The van der Waals surface area contributed by atoms with Crippen molar-refractivity contribution in [3.63, 3.8) is 0 Å². The van der Waals surface area contributed by atoms with Gasteiger partial charge in [-0.2, -0.15) is 0 Å². The van der Waals surface area contributed by atoms with Gasteiger partial charge in [-0.05, 0) is 30.3 Å². The van der Waals surface area contributed by atoms with Crippen LogP contribution in [0.4, 0.5) is 0 Å². The summed E-state index contributed by atoms with van der Waals surface area (Å²) in [5, 5.41) is 21.2. The molecule has 4 aromatic rings. The van der Waals surface area contributed by atoms with Crippen molar-refractivity contribution in [1.29, 1.82) is 0 Å². The molecule has 1 N–H and O–H groups in total. The standard InChI is InChI=1S/C18H12ClN5O2S2/c19-12-4-1-5-13(7-12)24-16(11-3-2-6-20-8-11)22-23-18(24)28-10-15-21-14(9-27-15)17(25)26/h1-9H,10H2,(H,25,26). The Bertz CT molecular complexity index is 1130. The molecular weight excluding hydrogens is 418 g/mol. The van der Waals surface area contributed by atoms with Crippen molar-refractivity contribution in [1.82, 2.24) is 24.7 Å². The fourth-order valence-corrected chi connectivity index (χ4v) is 4.42. The molecule has 0 aliphatic heterocycles. The maximum atomic E-state index is 11.0. The van der Waals surface area contributed by atoms with E-state index in [1.807, 2.05) is 34.9 Å². The van der Waals surface area contributed by atoms with E-state index in [0.29, 0.717) is 26.8 Å². The van der Waals surface area contributed by atoms with Crippen LogP contribution in [0, 0.1) is 0 Å². The van der Waals surface area contributed by atoms with E-state index in [4.69, 9.17) is 16.7 Å². The van der Waals surface area contributed by atoms with Crippen LogP contribution in [-0.2, 0) is 5.75 Å². The number of pyridine rings is 1. The van der Waals surface area contributed by atoms with E-state index in [9.17, 15) is 4.79 Å². The number of thiazole rings is 1. The van der Waals surface area contributed by atoms with E-state index in [1.54, 1.807) is 18.5 Å². The predicted molar refractivity (Wildman–Crippen MR) is 108 cm³/mol. The highest BCUT2D eigenvalue weighted by Gasteiger charge is 2.17. The number of carbonyl (C=O) groups is 1. The monoisotopic (exact) mass is 429 g/mol. The third-order valence-corrected chi connectivity index (χ3v) is 5.92. The number of thioether (sulfide) groups is 1. The van der Waals surface area contributed by atoms with E-state index >= 15 is 0 Å². The fourth-order valence-electron chi connectivity index (χ4n) is 2.50. The first-order valence-electron chi connectivity index (χ1n) is 8.04. The van der Waals surface area contributed by atoms with Gasteiger partial charge in [-0.1, -0.05) is 29.4 Å². The van der Waals surface area contributed by atoms with Gasteiger partial charge >= 0.3 is 5.97 Å². The lowest BCUT2D eigenvalue weighted by Gasteiger charge is -2.10. The number of aromatic carboxylic acids is 1. The highest BCUT2D eigenvalue weighted by molar-refractivity contribution is 7.98. The van der Waals surface area contributed by atoms with Crippen LogP contribution >= 0.6 is 34.7 Å². The maximum Gasteiger partial charge on any atom is 0.355 e. The average molecular weight is 430 g/mol. The summed E-state index contributed by atoms with van der Waals surface area (Å²) in [5.41, 5.74) is 1.70. The zero-order chi connectivity index (χ0) is 19.5. The quantitative estimate of drug-likeness (QED) is 0.453. The van der Waals surface area contributed by atoms with Gasteiger partial charge in [0.2, 0.25) is 0 Å². The Morgan fingerprint density at radius 2 is 2.14 bits per heavy atom. The summed E-state index contributed by atoms with van der Waals surface area (Å²) in [6.07, 6.45) is 3.42. The Labute approximate surface area is 173 Å². The normalized spacial score (nSPS) is 10.9. The molecule has 0 amide bonds. The van der Waals surface area contributed by atoms with Gasteiger partial charge < -0.3 is 5.11 Å². The van der Waals surface area contributed by atoms with Crippen LogP contribution in [0.25, 0.3) is 17.1 Å². The number of rotatable bonds is 6. The van der Waals surface area contributed by atoms with Crippen molar-refractivity contribution < 1.29 is 9.90 Å². The molecule has 3 heterocycles. The number of carboxylic acid groups (broad SMARTS) is 1. The summed E-state index contributed by atoms with van der Waals surface area (Å²) >= 11 is 8.91. The minimum absolute atomic E-state index is 0.0490. The molecule has 7 nitrogen and oxygen atoms in total. The van der Waals surface area contributed by atoms with Crippen LogP contribution in [0.1, 0.15) is 15.5 Å². The van der Waals surface area contributed by atoms with E-state index in [2.05, 4.69) is 20.2 Å². The van der Waals surface area contributed by atoms with Crippen molar-refractivity contribution in [2.45, 2.75) is 10.9 Å². The molecule has 0 bridgehead atoms. The highest BCUT2D eigenvalue weighted by Crippen LogP contribution is 2.30. The summed E-state index contributed by atoms with van der Waals surface area (Å²) < 4.78 is 1.90. The molecule has 140 valence electrons. The Hall–Kier alpha value is -2.75. The minimum Gasteiger partial charge on any atom is -0.476 e. The molecule has 0 fully saturated rings. The van der Waals surface area contributed by atoms with Crippen LogP contribution in [0.5, 0.6) is 0 Å². The first kappa shape index (κ1) is 18.6. The number of halogens is 1. The second-order valence-electron chi connectivity index (χ2n) is 5.58. The molecule has 3 aromatic heterocycles. The number of nitrogens with zero attached hydrogens (tertiary/aromatic N) is 5. The SMILES string of the molecule is O=C(O)c1csc(CSc2nnc(-c3cccnc3)n2-c2cccc(Cl)c2)n1. The number of benzene rings is 1. The van der Waals surface area contributed by atoms with Gasteiger partial charge in [-0.3, -0.25) is 9.55 Å². The summed E-state index contributed by atoms with van der Waals surface area (Å²) in [4.78, 5) is 19.3. The zero-order valence-electron chi connectivity index (χ0n) is 14.2. The van der Waals surface area contributed by atoms with E-state index < -0.39 is 5.97 Å². The van der Waals surface area contributed by atoms with Gasteiger partial charge in [0.05, 0.1) is 11.4 Å². The fraction of sp³-hybridized carbons (Fsp3) is 0.0556. The van der Waals surface area contributed by atoms with Gasteiger partial charge in [-0.25, -0.2) is 9.78 Å². The molecule has 1 aromatic carbocycles. The molecule has 0 unspecified atom stereocenters. The van der Waals surface area contributed by atoms with Crippen molar-refractivity contribution in [2.24, 2.45) is 0 Å². The smallest absolute Gasteiger partial charge is 0.355 e. The largest absolute Gasteiger partial charge is 0.476 e. The van der Waals surface area contributed by atoms with Crippen molar-refractivity contribution in [2.75, 3.05) is 0 Å². The second-order valence-corrected chi connectivity index (χ2v) is 7.91. The first-order valence-corrected chi connectivity index (χ1v) is 10.3. The van der Waals surface area contributed by atoms with Crippen molar-refractivity contribution in [3.05, 3.63) is 69.9 Å². The van der Waals surface area contributed by atoms with Gasteiger partial charge in [0.1, 0.15) is 5.01 Å². The Balaban J connectivity index is 1.70. The molecule has 0 atom stereocenters. The second kappa shape index (κ2) is 8.09. The average Bonchev–Trinajstić information content (AvgIpc) is 3.34. The van der Waals surface area contributed by atoms with E-state index in [0.717, 1.165) is 11.3 Å². The van der Waals surface area contributed by atoms with Gasteiger partial charge in [0.25, 0.3) is 0 Å². The molecule has 0 radical (unpaired) electrons. The molecule has 4 rings (SSSR count). The van der Waals surface area contributed by atoms with Gasteiger partial charge in [0.15, 0.2) is 16.7 Å². The minimum atomic E-state index is -1.03. The summed E-state index contributed by atoms with van der Waals surface area (Å²) in [6.45, 7) is 0. The highest BCUT2D eigenvalue weighted by atomic mass is 35.5. The predicted octanol–water partition coefficient (Wildman–Crippen LogP) is 4.43. The Morgan fingerprint density at radius 1 is 1.25 bits per heavy atom.